The second-order valence-electron chi connectivity index (χ2n) is 6.29. The van der Waals surface area contributed by atoms with Crippen LogP contribution in [0, 0.1) is 5.41 Å². The zero-order valence-electron chi connectivity index (χ0n) is 13.9. The van der Waals surface area contributed by atoms with Crippen molar-refractivity contribution in [2.75, 3.05) is 19.8 Å². The maximum Gasteiger partial charge on any atom is 0.311 e. The van der Waals surface area contributed by atoms with Gasteiger partial charge in [-0.1, -0.05) is 30.3 Å². The van der Waals surface area contributed by atoms with Crippen LogP contribution in [-0.2, 0) is 16.1 Å². The standard InChI is InChI=1S/C18H21N3O4/c22-16(19-13-18(17(23)24)6-8-25-9-7-18)15-10-20-21(12-15)11-14-4-2-1-3-5-14/h1-5,10,12H,6-9,11,13H2,(H,19,22)(H,23,24). The molecule has 1 aliphatic heterocycles. The number of ether oxygens (including phenoxy) is 1. The molecule has 2 N–H and O–H groups in total. The van der Waals surface area contributed by atoms with Gasteiger partial charge in [0.2, 0.25) is 0 Å². The molecule has 2 heterocycles. The molecule has 0 bridgehead atoms. The van der Waals surface area contributed by atoms with Crippen LogP contribution in [0.5, 0.6) is 0 Å². The van der Waals surface area contributed by atoms with E-state index in [-0.39, 0.29) is 12.5 Å². The van der Waals surface area contributed by atoms with Crippen molar-refractivity contribution in [3.8, 4) is 0 Å². The van der Waals surface area contributed by atoms with Crippen molar-refractivity contribution in [1.29, 1.82) is 0 Å². The van der Waals surface area contributed by atoms with E-state index in [0.717, 1.165) is 5.56 Å². The van der Waals surface area contributed by atoms with Crippen LogP contribution < -0.4 is 5.32 Å². The zero-order chi connectivity index (χ0) is 17.7. The molecule has 1 fully saturated rings. The van der Waals surface area contributed by atoms with Crippen molar-refractivity contribution < 1.29 is 19.4 Å². The molecule has 1 aromatic carbocycles. The molecule has 0 spiro atoms. The first-order valence-electron chi connectivity index (χ1n) is 8.25. The number of nitrogens with zero attached hydrogens (tertiary/aromatic N) is 2. The fourth-order valence-electron chi connectivity index (χ4n) is 2.92. The van der Waals surface area contributed by atoms with Crippen LogP contribution in [0.25, 0.3) is 0 Å². The second-order valence-corrected chi connectivity index (χ2v) is 6.29. The number of hydrogen-bond acceptors (Lipinski definition) is 4. The molecule has 132 valence electrons. The lowest BCUT2D eigenvalue weighted by Gasteiger charge is -2.33. The summed E-state index contributed by atoms with van der Waals surface area (Å²) in [4.78, 5) is 23.9. The summed E-state index contributed by atoms with van der Waals surface area (Å²) in [6.07, 6.45) is 3.96. The number of carbonyl (C=O) groups is 2. The largest absolute Gasteiger partial charge is 0.481 e. The van der Waals surface area contributed by atoms with Gasteiger partial charge in [0.05, 0.1) is 23.7 Å². The number of carboxylic acid groups (broad SMARTS) is 1. The summed E-state index contributed by atoms with van der Waals surface area (Å²) in [5.74, 6) is -1.21. The maximum absolute atomic E-state index is 12.3. The van der Waals surface area contributed by atoms with Gasteiger partial charge in [-0.25, -0.2) is 0 Å². The third kappa shape index (κ3) is 4.06. The molecule has 1 amide bonds. The Labute approximate surface area is 145 Å². The van der Waals surface area contributed by atoms with Crippen LogP contribution in [0.2, 0.25) is 0 Å². The number of aromatic nitrogens is 2. The minimum Gasteiger partial charge on any atom is -0.481 e. The molecule has 1 aromatic heterocycles. The van der Waals surface area contributed by atoms with E-state index in [1.165, 1.54) is 6.20 Å². The summed E-state index contributed by atoms with van der Waals surface area (Å²) in [5, 5.41) is 16.5. The second kappa shape index (κ2) is 7.48. The molecule has 1 aliphatic rings. The summed E-state index contributed by atoms with van der Waals surface area (Å²) in [6, 6.07) is 9.82. The highest BCUT2D eigenvalue weighted by atomic mass is 16.5. The summed E-state index contributed by atoms with van der Waals surface area (Å²) in [5.41, 5.74) is 0.557. The van der Waals surface area contributed by atoms with E-state index < -0.39 is 11.4 Å². The highest BCUT2D eigenvalue weighted by molar-refractivity contribution is 5.94. The number of amides is 1. The van der Waals surface area contributed by atoms with E-state index in [0.29, 0.717) is 38.2 Å². The molecule has 0 aliphatic carbocycles. The number of carbonyl (C=O) groups excluding carboxylic acids is 1. The highest BCUT2D eigenvalue weighted by Crippen LogP contribution is 2.30. The molecule has 7 nitrogen and oxygen atoms in total. The summed E-state index contributed by atoms with van der Waals surface area (Å²) >= 11 is 0. The SMILES string of the molecule is O=C(NCC1(C(=O)O)CCOCC1)c1cnn(Cc2ccccc2)c1. The average Bonchev–Trinajstić information content (AvgIpc) is 3.10. The van der Waals surface area contributed by atoms with Gasteiger partial charge in [-0.2, -0.15) is 5.10 Å². The summed E-state index contributed by atoms with van der Waals surface area (Å²) < 4.78 is 6.92. The lowest BCUT2D eigenvalue weighted by Crippen LogP contribution is -2.46. The molecule has 25 heavy (non-hydrogen) atoms. The number of rotatable bonds is 6. The van der Waals surface area contributed by atoms with Crippen LogP contribution >= 0.6 is 0 Å². The van der Waals surface area contributed by atoms with E-state index >= 15 is 0 Å². The van der Waals surface area contributed by atoms with Crippen molar-refractivity contribution in [2.45, 2.75) is 19.4 Å². The van der Waals surface area contributed by atoms with Gasteiger partial charge in [-0.3, -0.25) is 14.3 Å². The van der Waals surface area contributed by atoms with E-state index in [2.05, 4.69) is 10.4 Å². The Bertz CT molecular complexity index is 736. The molecule has 7 heteroatoms. The lowest BCUT2D eigenvalue weighted by molar-refractivity contribution is -0.154. The van der Waals surface area contributed by atoms with Gasteiger partial charge < -0.3 is 15.2 Å². The van der Waals surface area contributed by atoms with Gasteiger partial charge >= 0.3 is 5.97 Å². The molecule has 1 saturated heterocycles. The number of benzene rings is 1. The van der Waals surface area contributed by atoms with Crippen molar-refractivity contribution in [2.24, 2.45) is 5.41 Å². The number of hydrogen-bond donors (Lipinski definition) is 2. The molecule has 0 atom stereocenters. The molecule has 0 radical (unpaired) electrons. The van der Waals surface area contributed by atoms with E-state index in [1.54, 1.807) is 10.9 Å². The Hall–Kier alpha value is -2.67. The monoisotopic (exact) mass is 343 g/mol. The molecule has 2 aromatic rings. The highest BCUT2D eigenvalue weighted by Gasteiger charge is 2.40. The third-order valence-electron chi connectivity index (χ3n) is 4.57. The Morgan fingerprint density at radius 3 is 2.64 bits per heavy atom. The first-order valence-corrected chi connectivity index (χ1v) is 8.25. The normalized spacial score (nSPS) is 16.3. The van der Waals surface area contributed by atoms with E-state index in [9.17, 15) is 14.7 Å². The Kier molecular flexibility index (Phi) is 5.14. The first-order chi connectivity index (χ1) is 12.1. The predicted octanol–water partition coefficient (Wildman–Crippen LogP) is 1.54. The van der Waals surface area contributed by atoms with Crippen LogP contribution in [0.3, 0.4) is 0 Å². The minimum absolute atomic E-state index is 0.0917. The van der Waals surface area contributed by atoms with Gasteiger partial charge in [-0.05, 0) is 18.4 Å². The fraction of sp³-hybridized carbons (Fsp3) is 0.389. The summed E-state index contributed by atoms with van der Waals surface area (Å²) in [7, 11) is 0. The number of nitrogens with one attached hydrogen (secondary N) is 1. The minimum atomic E-state index is -0.950. The molecule has 0 saturated carbocycles. The smallest absolute Gasteiger partial charge is 0.311 e. The van der Waals surface area contributed by atoms with Gasteiger partial charge in [0.15, 0.2) is 0 Å². The Morgan fingerprint density at radius 2 is 1.96 bits per heavy atom. The van der Waals surface area contributed by atoms with E-state index in [1.807, 2.05) is 30.3 Å². The van der Waals surface area contributed by atoms with Crippen LogP contribution in [0.15, 0.2) is 42.7 Å². The topological polar surface area (TPSA) is 93.5 Å². The molecule has 0 unspecified atom stereocenters. The van der Waals surface area contributed by atoms with E-state index in [4.69, 9.17) is 4.74 Å². The van der Waals surface area contributed by atoms with Crippen LogP contribution in [0.4, 0.5) is 0 Å². The third-order valence-corrected chi connectivity index (χ3v) is 4.57. The van der Waals surface area contributed by atoms with Crippen molar-refractivity contribution in [3.05, 3.63) is 53.9 Å². The Balaban J connectivity index is 1.61. The maximum atomic E-state index is 12.3. The number of aliphatic carboxylic acids is 1. The fourth-order valence-corrected chi connectivity index (χ4v) is 2.92. The molecule has 3 rings (SSSR count). The first kappa shape index (κ1) is 17.2. The lowest BCUT2D eigenvalue weighted by atomic mass is 9.80. The predicted molar refractivity (Wildman–Crippen MR) is 90.2 cm³/mol. The van der Waals surface area contributed by atoms with Gasteiger partial charge in [0, 0.05) is 26.0 Å². The van der Waals surface area contributed by atoms with Crippen LogP contribution in [0.1, 0.15) is 28.8 Å². The summed E-state index contributed by atoms with van der Waals surface area (Å²) in [6.45, 7) is 1.47. The molecular formula is C18H21N3O4. The quantitative estimate of drug-likeness (QED) is 0.830. The van der Waals surface area contributed by atoms with Gasteiger partial charge in [0.25, 0.3) is 5.91 Å². The van der Waals surface area contributed by atoms with Gasteiger partial charge in [-0.15, -0.1) is 0 Å². The van der Waals surface area contributed by atoms with Crippen molar-refractivity contribution in [3.63, 3.8) is 0 Å². The Morgan fingerprint density at radius 1 is 1.24 bits per heavy atom. The van der Waals surface area contributed by atoms with Crippen LogP contribution in [-0.4, -0.2) is 46.5 Å². The van der Waals surface area contributed by atoms with Crippen molar-refractivity contribution in [1.82, 2.24) is 15.1 Å². The molecular weight excluding hydrogens is 322 g/mol. The van der Waals surface area contributed by atoms with Crippen molar-refractivity contribution >= 4 is 11.9 Å². The zero-order valence-corrected chi connectivity index (χ0v) is 13.9. The van der Waals surface area contributed by atoms with Gasteiger partial charge in [0.1, 0.15) is 0 Å². The average molecular weight is 343 g/mol. The number of carboxylic acids is 1.